The normalized spacial score (nSPS) is 44.0. The molecule has 1 nitrogen and oxygen atoms in total. The zero-order valence-corrected chi connectivity index (χ0v) is 8.47. The van der Waals surface area contributed by atoms with Crippen molar-refractivity contribution in [2.24, 2.45) is 5.92 Å². The molecule has 0 aromatic rings. The van der Waals surface area contributed by atoms with Crippen LogP contribution in [0.2, 0.25) is 0 Å². The van der Waals surface area contributed by atoms with Crippen LogP contribution in [0.1, 0.15) is 46.0 Å². The third kappa shape index (κ3) is 1.19. The molecule has 0 aromatic heterocycles. The van der Waals surface area contributed by atoms with Crippen molar-refractivity contribution in [2.45, 2.75) is 51.5 Å². The smallest absolute Gasteiger partial charge is 0.0206 e. The lowest BCUT2D eigenvalue weighted by molar-refractivity contribution is -0.0149. The second-order valence-electron chi connectivity index (χ2n) is 4.84. The third-order valence-corrected chi connectivity index (χ3v) is 4.21. The predicted octanol–water partition coefficient (Wildman–Crippen LogP) is 2.66. The summed E-state index contributed by atoms with van der Waals surface area (Å²) in [5, 5.41) is 0. The highest BCUT2D eigenvalue weighted by Gasteiger charge is 2.40. The van der Waals surface area contributed by atoms with E-state index < -0.39 is 0 Å². The third-order valence-electron chi connectivity index (χ3n) is 4.21. The summed E-state index contributed by atoms with van der Waals surface area (Å²) in [5.41, 5.74) is 0.566. The topological polar surface area (TPSA) is 3.24 Å². The Labute approximate surface area is 76.1 Å². The van der Waals surface area contributed by atoms with Gasteiger partial charge in [-0.15, -0.1) is 0 Å². The maximum atomic E-state index is 2.74. The summed E-state index contributed by atoms with van der Waals surface area (Å²) in [4.78, 5) is 2.74. The molecular weight excluding hydrogens is 146 g/mol. The second kappa shape index (κ2) is 3.02. The molecule has 2 saturated heterocycles. The highest BCUT2D eigenvalue weighted by molar-refractivity contribution is 4.96. The number of piperidine rings is 2. The molecule has 2 rings (SSSR count). The van der Waals surface area contributed by atoms with Gasteiger partial charge in [-0.1, -0.05) is 13.3 Å². The lowest BCUT2D eigenvalue weighted by atomic mass is 9.73. The van der Waals surface area contributed by atoms with Crippen LogP contribution in [0.3, 0.4) is 0 Å². The van der Waals surface area contributed by atoms with E-state index in [1.807, 2.05) is 0 Å². The molecule has 0 bridgehead atoms. The fourth-order valence-corrected chi connectivity index (χ4v) is 3.02. The molecule has 0 spiro atoms. The molecule has 0 unspecified atom stereocenters. The van der Waals surface area contributed by atoms with E-state index in [9.17, 15) is 0 Å². The quantitative estimate of drug-likeness (QED) is 0.536. The van der Waals surface area contributed by atoms with Crippen molar-refractivity contribution in [1.82, 2.24) is 4.90 Å². The summed E-state index contributed by atoms with van der Waals surface area (Å²) in [5.74, 6) is 0.923. The van der Waals surface area contributed by atoms with Gasteiger partial charge in [0, 0.05) is 5.54 Å². The average molecular weight is 167 g/mol. The first-order valence-electron chi connectivity index (χ1n) is 5.48. The number of fused-ring (bicyclic) bond motifs is 1. The molecule has 0 aromatic carbocycles. The van der Waals surface area contributed by atoms with Crippen LogP contribution in [0.5, 0.6) is 0 Å². The minimum atomic E-state index is 0.566. The Morgan fingerprint density at radius 3 is 2.67 bits per heavy atom. The van der Waals surface area contributed by atoms with Crippen molar-refractivity contribution in [1.29, 1.82) is 0 Å². The lowest BCUT2D eigenvalue weighted by Crippen LogP contribution is -2.56. The summed E-state index contributed by atoms with van der Waals surface area (Å²) in [7, 11) is 0. The first-order valence-corrected chi connectivity index (χ1v) is 5.48. The van der Waals surface area contributed by atoms with Gasteiger partial charge in [0.15, 0.2) is 0 Å². The number of hydrogen-bond donors (Lipinski definition) is 0. The van der Waals surface area contributed by atoms with Gasteiger partial charge in [0.05, 0.1) is 0 Å². The van der Waals surface area contributed by atoms with Gasteiger partial charge in [-0.3, -0.25) is 4.90 Å². The molecule has 1 heteroatoms. The number of hydrogen-bond acceptors (Lipinski definition) is 1. The van der Waals surface area contributed by atoms with E-state index in [1.54, 1.807) is 0 Å². The van der Waals surface area contributed by atoms with E-state index in [0.717, 1.165) is 5.92 Å². The van der Waals surface area contributed by atoms with Gasteiger partial charge < -0.3 is 0 Å². The van der Waals surface area contributed by atoms with Crippen molar-refractivity contribution in [3.8, 4) is 0 Å². The summed E-state index contributed by atoms with van der Waals surface area (Å²) in [6, 6.07) is 0. The maximum absolute atomic E-state index is 2.74. The highest BCUT2D eigenvalue weighted by Crippen LogP contribution is 2.39. The molecule has 0 aliphatic carbocycles. The van der Waals surface area contributed by atoms with Crippen LogP contribution in [0.4, 0.5) is 0 Å². The summed E-state index contributed by atoms with van der Waals surface area (Å²) >= 11 is 0. The van der Waals surface area contributed by atoms with Crippen LogP contribution in [-0.4, -0.2) is 23.5 Å². The highest BCUT2D eigenvalue weighted by atomic mass is 15.2. The summed E-state index contributed by atoms with van der Waals surface area (Å²) in [6.45, 7) is 7.65. The van der Waals surface area contributed by atoms with Crippen molar-refractivity contribution in [3.63, 3.8) is 0 Å². The van der Waals surface area contributed by atoms with E-state index in [1.165, 1.54) is 45.2 Å². The van der Waals surface area contributed by atoms with Gasteiger partial charge in [0.2, 0.25) is 0 Å². The summed E-state index contributed by atoms with van der Waals surface area (Å²) < 4.78 is 0. The maximum Gasteiger partial charge on any atom is 0.0206 e. The van der Waals surface area contributed by atoms with Crippen molar-refractivity contribution in [2.75, 3.05) is 13.1 Å². The monoisotopic (exact) mass is 167 g/mol. The first-order chi connectivity index (χ1) is 5.73. The zero-order chi connectivity index (χ0) is 8.60. The molecule has 0 radical (unpaired) electrons. The number of rotatable bonds is 0. The standard InChI is InChI=1S/C11H21N/c1-10-6-5-9-12-8-4-3-7-11(10,12)2/h10H,3-9H2,1-2H3/t10-,11-/m1/s1. The Morgan fingerprint density at radius 2 is 1.92 bits per heavy atom. The molecule has 2 heterocycles. The van der Waals surface area contributed by atoms with Gasteiger partial charge in [-0.25, -0.2) is 0 Å². The van der Waals surface area contributed by atoms with Gasteiger partial charge in [0.25, 0.3) is 0 Å². The van der Waals surface area contributed by atoms with Crippen LogP contribution in [-0.2, 0) is 0 Å². The molecule has 2 fully saturated rings. The molecule has 0 N–H and O–H groups in total. The van der Waals surface area contributed by atoms with Crippen LogP contribution in [0.15, 0.2) is 0 Å². The van der Waals surface area contributed by atoms with Crippen LogP contribution < -0.4 is 0 Å². The first kappa shape index (κ1) is 8.55. The van der Waals surface area contributed by atoms with Gasteiger partial charge in [-0.2, -0.15) is 0 Å². The minimum Gasteiger partial charge on any atom is -0.298 e. The van der Waals surface area contributed by atoms with E-state index in [-0.39, 0.29) is 0 Å². The Bertz CT molecular complexity index is 164. The molecule has 2 aliphatic rings. The fourth-order valence-electron chi connectivity index (χ4n) is 3.02. The SMILES string of the molecule is C[C@@H]1CCCN2CCCC[C@]12C. The molecule has 2 atom stereocenters. The molecule has 70 valence electrons. The molecule has 0 amide bonds. The second-order valence-corrected chi connectivity index (χ2v) is 4.84. The van der Waals surface area contributed by atoms with Gasteiger partial charge in [-0.05, 0) is 51.6 Å². The lowest BCUT2D eigenvalue weighted by Gasteiger charge is -2.52. The van der Waals surface area contributed by atoms with E-state index in [2.05, 4.69) is 18.7 Å². The van der Waals surface area contributed by atoms with Crippen LogP contribution in [0, 0.1) is 5.92 Å². The minimum absolute atomic E-state index is 0.566. The Hall–Kier alpha value is -0.0400. The van der Waals surface area contributed by atoms with E-state index in [4.69, 9.17) is 0 Å². The van der Waals surface area contributed by atoms with Crippen LogP contribution in [0.25, 0.3) is 0 Å². The molecule has 2 aliphatic heterocycles. The van der Waals surface area contributed by atoms with Gasteiger partial charge in [0.1, 0.15) is 0 Å². The van der Waals surface area contributed by atoms with Crippen LogP contribution >= 0.6 is 0 Å². The molecular formula is C11H21N. The Kier molecular flexibility index (Phi) is 2.16. The number of nitrogens with zero attached hydrogens (tertiary/aromatic N) is 1. The zero-order valence-electron chi connectivity index (χ0n) is 8.47. The molecule has 0 saturated carbocycles. The van der Waals surface area contributed by atoms with E-state index >= 15 is 0 Å². The predicted molar refractivity (Wildman–Crippen MR) is 52.2 cm³/mol. The van der Waals surface area contributed by atoms with E-state index in [0.29, 0.717) is 5.54 Å². The Morgan fingerprint density at radius 1 is 1.17 bits per heavy atom. The van der Waals surface area contributed by atoms with Crippen molar-refractivity contribution < 1.29 is 0 Å². The molecule has 12 heavy (non-hydrogen) atoms. The van der Waals surface area contributed by atoms with Crippen molar-refractivity contribution >= 4 is 0 Å². The average Bonchev–Trinajstić information content (AvgIpc) is 2.07. The van der Waals surface area contributed by atoms with Gasteiger partial charge >= 0.3 is 0 Å². The summed E-state index contributed by atoms with van der Waals surface area (Å²) in [6.07, 6.45) is 7.21. The Balaban J connectivity index is 2.14. The largest absolute Gasteiger partial charge is 0.298 e. The van der Waals surface area contributed by atoms with Crippen molar-refractivity contribution in [3.05, 3.63) is 0 Å². The fraction of sp³-hybridized carbons (Fsp3) is 1.00.